The molecular weight excluding hydrogens is 379 g/mol. The van der Waals surface area contributed by atoms with E-state index >= 15 is 0 Å². The summed E-state index contributed by atoms with van der Waals surface area (Å²) in [5.74, 6) is 0.418. The first kappa shape index (κ1) is 18.0. The number of fused-ring (bicyclic) bond motifs is 1. The number of hydrogen-bond donors (Lipinski definition) is 2. The van der Waals surface area contributed by atoms with Gasteiger partial charge in [-0.2, -0.15) is 23.4 Å². The van der Waals surface area contributed by atoms with Crippen LogP contribution in [0.5, 0.6) is 0 Å². The molecule has 4 heterocycles. The van der Waals surface area contributed by atoms with Crippen molar-refractivity contribution in [3.63, 3.8) is 0 Å². The summed E-state index contributed by atoms with van der Waals surface area (Å²) >= 11 is 0. The van der Waals surface area contributed by atoms with Crippen LogP contribution in [-0.4, -0.2) is 43.7 Å². The van der Waals surface area contributed by atoms with Crippen molar-refractivity contribution < 1.29 is 22.3 Å². The molecule has 146 valence electrons. The summed E-state index contributed by atoms with van der Waals surface area (Å²) in [5.41, 5.74) is 0.217. The molecule has 0 radical (unpaired) electrons. The topological polar surface area (TPSA) is 107 Å². The first-order valence-corrected chi connectivity index (χ1v) is 8.10. The lowest BCUT2D eigenvalue weighted by Gasteiger charge is -2.13. The number of anilines is 2. The Kier molecular flexibility index (Phi) is 4.47. The number of nitrogens with one attached hydrogen (secondary N) is 2. The predicted octanol–water partition coefficient (Wildman–Crippen LogP) is 3.22. The van der Waals surface area contributed by atoms with Gasteiger partial charge in [0.15, 0.2) is 17.3 Å². The van der Waals surface area contributed by atoms with E-state index in [2.05, 4.69) is 30.6 Å². The Morgan fingerprint density at radius 1 is 1.29 bits per heavy atom. The highest BCUT2D eigenvalue weighted by Crippen LogP contribution is 2.37. The molecule has 0 atom stereocenters. The fourth-order valence-corrected chi connectivity index (χ4v) is 2.70. The number of hydrogen-bond acceptors (Lipinski definition) is 7. The summed E-state index contributed by atoms with van der Waals surface area (Å²) in [4.78, 5) is 8.66. The van der Waals surface area contributed by atoms with Gasteiger partial charge < -0.3 is 14.5 Å². The minimum atomic E-state index is -4.62. The Morgan fingerprint density at radius 2 is 2.14 bits per heavy atom. The number of furan rings is 1. The molecule has 0 aromatic carbocycles. The van der Waals surface area contributed by atoms with Crippen LogP contribution in [0.4, 0.5) is 24.7 Å². The van der Waals surface area contributed by atoms with E-state index in [0.717, 1.165) is 10.9 Å². The van der Waals surface area contributed by atoms with Crippen molar-refractivity contribution in [3.8, 4) is 11.4 Å². The third-order valence-corrected chi connectivity index (χ3v) is 3.95. The second-order valence-corrected chi connectivity index (χ2v) is 5.78. The molecule has 9 nitrogen and oxygen atoms in total. The zero-order chi connectivity index (χ0) is 19.7. The van der Waals surface area contributed by atoms with Crippen LogP contribution in [-0.2, 0) is 17.5 Å². The summed E-state index contributed by atoms with van der Waals surface area (Å²) in [6.07, 6.45) is 0.820. The highest BCUT2D eigenvalue weighted by atomic mass is 19.4. The molecule has 0 unspecified atom stereocenters. The Morgan fingerprint density at radius 3 is 2.86 bits per heavy atom. The normalized spacial score (nSPS) is 12.0. The van der Waals surface area contributed by atoms with Crippen LogP contribution in [0.1, 0.15) is 5.69 Å². The number of ether oxygens (including phenoxy) is 1. The maximum Gasteiger partial charge on any atom is 0.435 e. The number of aromatic nitrogens is 6. The lowest BCUT2D eigenvalue weighted by atomic mass is 10.3. The highest BCUT2D eigenvalue weighted by Gasteiger charge is 2.38. The largest absolute Gasteiger partial charge is 0.472 e. The van der Waals surface area contributed by atoms with Crippen molar-refractivity contribution in [2.45, 2.75) is 12.7 Å². The van der Waals surface area contributed by atoms with Crippen LogP contribution in [0.25, 0.3) is 22.4 Å². The molecule has 0 aliphatic carbocycles. The fourth-order valence-electron chi connectivity index (χ4n) is 2.70. The summed E-state index contributed by atoms with van der Waals surface area (Å²) in [5, 5.41) is 13.1. The van der Waals surface area contributed by atoms with Gasteiger partial charge >= 0.3 is 6.18 Å². The quantitative estimate of drug-likeness (QED) is 0.518. The average Bonchev–Trinajstić information content (AvgIpc) is 3.39. The summed E-state index contributed by atoms with van der Waals surface area (Å²) in [6, 6.07) is 1.65. The fraction of sp³-hybridized carbons (Fsp3) is 0.250. The lowest BCUT2D eigenvalue weighted by molar-refractivity contribution is -0.143. The van der Waals surface area contributed by atoms with E-state index in [-0.39, 0.29) is 30.5 Å². The predicted molar refractivity (Wildman–Crippen MR) is 91.8 cm³/mol. The van der Waals surface area contributed by atoms with Gasteiger partial charge in [0.1, 0.15) is 17.3 Å². The van der Waals surface area contributed by atoms with Crippen molar-refractivity contribution in [1.82, 2.24) is 29.9 Å². The van der Waals surface area contributed by atoms with Crippen LogP contribution in [0.2, 0.25) is 0 Å². The van der Waals surface area contributed by atoms with E-state index in [1.54, 1.807) is 6.07 Å². The van der Waals surface area contributed by atoms with Gasteiger partial charge in [-0.3, -0.25) is 9.78 Å². The van der Waals surface area contributed by atoms with Crippen molar-refractivity contribution >= 4 is 22.5 Å². The lowest BCUT2D eigenvalue weighted by Crippen LogP contribution is -2.18. The second kappa shape index (κ2) is 6.96. The van der Waals surface area contributed by atoms with E-state index in [1.807, 2.05) is 0 Å². The number of H-pyrrole nitrogens is 1. The van der Waals surface area contributed by atoms with E-state index in [1.165, 1.54) is 25.8 Å². The Bertz CT molecular complexity index is 1090. The zero-order valence-electron chi connectivity index (χ0n) is 14.5. The van der Waals surface area contributed by atoms with Gasteiger partial charge in [-0.15, -0.1) is 0 Å². The number of alkyl halides is 3. The molecule has 0 aliphatic rings. The molecule has 28 heavy (non-hydrogen) atoms. The van der Waals surface area contributed by atoms with Crippen molar-refractivity contribution in [2.24, 2.45) is 0 Å². The van der Waals surface area contributed by atoms with Gasteiger partial charge in [-0.05, 0) is 6.07 Å². The third-order valence-electron chi connectivity index (χ3n) is 3.95. The molecular formula is C16H14F3N7O2. The Hall–Kier alpha value is -3.41. The minimum Gasteiger partial charge on any atom is -0.472 e. The van der Waals surface area contributed by atoms with E-state index in [0.29, 0.717) is 16.6 Å². The molecule has 0 aliphatic heterocycles. The number of methoxy groups -OCH3 is 1. The molecule has 2 N–H and O–H groups in total. The molecule has 4 aromatic rings. The molecule has 4 aromatic heterocycles. The second-order valence-electron chi connectivity index (χ2n) is 5.78. The summed E-state index contributed by atoms with van der Waals surface area (Å²) in [6.45, 7) is 0.0453. The van der Waals surface area contributed by atoms with Crippen molar-refractivity contribution in [1.29, 1.82) is 0 Å². The first-order valence-electron chi connectivity index (χ1n) is 8.10. The van der Waals surface area contributed by atoms with Gasteiger partial charge in [0.25, 0.3) is 0 Å². The van der Waals surface area contributed by atoms with Crippen LogP contribution in [0.15, 0.2) is 35.4 Å². The SMILES string of the molecule is COCCn1ncc(Nc2nc(-c3ccoc3)nc3cn[nH]c23)c1C(F)(F)F. The Labute approximate surface area is 155 Å². The number of nitrogens with zero attached hydrogens (tertiary/aromatic N) is 5. The maximum absolute atomic E-state index is 13.6. The number of aromatic amines is 1. The van der Waals surface area contributed by atoms with Crippen LogP contribution >= 0.6 is 0 Å². The standard InChI is InChI=1S/C16H14F3N7O2/c1-27-5-3-26-13(16(17,18)19)11(7-21-26)23-15-12-10(6-20-25-12)22-14(24-15)9-2-4-28-8-9/h2,4,6-8H,3,5H2,1H3,(H,20,25)(H,22,23,24). The van der Waals surface area contributed by atoms with E-state index in [9.17, 15) is 13.2 Å². The van der Waals surface area contributed by atoms with Gasteiger partial charge in [0, 0.05) is 7.11 Å². The third kappa shape index (κ3) is 3.29. The first-order chi connectivity index (χ1) is 13.5. The summed E-state index contributed by atoms with van der Waals surface area (Å²) < 4.78 is 51.6. The zero-order valence-corrected chi connectivity index (χ0v) is 14.5. The number of halogens is 3. The van der Waals surface area contributed by atoms with E-state index in [4.69, 9.17) is 9.15 Å². The number of rotatable bonds is 6. The minimum absolute atomic E-state index is 0.0451. The highest BCUT2D eigenvalue weighted by molar-refractivity contribution is 5.88. The van der Waals surface area contributed by atoms with Crippen molar-refractivity contribution in [2.75, 3.05) is 19.0 Å². The van der Waals surface area contributed by atoms with Crippen LogP contribution < -0.4 is 5.32 Å². The molecule has 0 fully saturated rings. The molecule has 0 amide bonds. The van der Waals surface area contributed by atoms with E-state index < -0.39 is 11.9 Å². The average molecular weight is 393 g/mol. The maximum atomic E-state index is 13.6. The Balaban J connectivity index is 1.78. The smallest absolute Gasteiger partial charge is 0.435 e. The molecule has 12 heteroatoms. The molecule has 0 spiro atoms. The van der Waals surface area contributed by atoms with Gasteiger partial charge in [-0.1, -0.05) is 0 Å². The van der Waals surface area contributed by atoms with Crippen molar-refractivity contribution in [3.05, 3.63) is 36.7 Å². The summed E-state index contributed by atoms with van der Waals surface area (Å²) in [7, 11) is 1.41. The van der Waals surface area contributed by atoms with Crippen LogP contribution in [0, 0.1) is 0 Å². The monoisotopic (exact) mass is 393 g/mol. The molecule has 0 saturated carbocycles. The van der Waals surface area contributed by atoms with Gasteiger partial charge in [-0.25, -0.2) is 9.97 Å². The van der Waals surface area contributed by atoms with Crippen LogP contribution in [0.3, 0.4) is 0 Å². The van der Waals surface area contributed by atoms with Gasteiger partial charge in [0.2, 0.25) is 0 Å². The van der Waals surface area contributed by atoms with Gasteiger partial charge in [0.05, 0.1) is 43.1 Å². The molecule has 0 saturated heterocycles. The molecule has 4 rings (SSSR count). The molecule has 0 bridgehead atoms.